The minimum atomic E-state index is -1.000. The number of carboxylic acid groups (broad SMARTS) is 2. The van der Waals surface area contributed by atoms with Gasteiger partial charge in [0.25, 0.3) is 0 Å². The van der Waals surface area contributed by atoms with Crippen molar-refractivity contribution >= 4 is 23.7 Å². The van der Waals surface area contributed by atoms with Gasteiger partial charge in [0, 0.05) is 35.1 Å². The van der Waals surface area contributed by atoms with Crippen LogP contribution in [0.3, 0.4) is 0 Å². The quantitative estimate of drug-likeness (QED) is 0.280. The molecule has 0 rings (SSSR count). The number of carboxylic acids is 2. The lowest BCUT2D eigenvalue weighted by Crippen LogP contribution is -1.96. The van der Waals surface area contributed by atoms with Crippen molar-refractivity contribution in [1.82, 2.24) is 0 Å². The van der Waals surface area contributed by atoms with Gasteiger partial charge in [0.05, 0.1) is 13.2 Å². The summed E-state index contributed by atoms with van der Waals surface area (Å²) in [4.78, 5) is 19.3. The Bertz CT molecular complexity index is 305. The zero-order valence-electron chi connectivity index (χ0n) is 12.2. The number of allylic oxidation sites excluding steroid dienone is 2. The second-order valence-corrected chi connectivity index (χ2v) is 4.74. The highest BCUT2D eigenvalue weighted by Gasteiger charge is 1.85. The highest BCUT2D eigenvalue weighted by atomic mass is 32.2. The van der Waals surface area contributed by atoms with Crippen LogP contribution in [-0.2, 0) is 9.59 Å². The lowest BCUT2D eigenvalue weighted by Gasteiger charge is -1.90. The normalized spacial score (nSPS) is 10.7. The van der Waals surface area contributed by atoms with E-state index in [9.17, 15) is 9.59 Å². The predicted molar refractivity (Wildman–Crippen MR) is 82.7 cm³/mol. The van der Waals surface area contributed by atoms with Crippen LogP contribution in [-0.4, -0.2) is 57.1 Å². The molecule has 0 aromatic rings. The summed E-state index contributed by atoms with van der Waals surface area (Å²) in [6.07, 6.45) is 1.89. The Kier molecular flexibility index (Phi) is 21.2. The third-order valence-corrected chi connectivity index (χ3v) is 2.12. The fourth-order valence-electron chi connectivity index (χ4n) is 0.621. The van der Waals surface area contributed by atoms with Crippen LogP contribution in [0.15, 0.2) is 23.5 Å². The average Bonchev–Trinajstić information content (AvgIpc) is 2.27. The zero-order chi connectivity index (χ0) is 17.3. The molecule has 9 heteroatoms. The molecule has 8 nitrogen and oxygen atoms in total. The number of aliphatic hydroxyl groups is 2. The number of hydrogen-bond donors (Lipinski definition) is 6. The second-order valence-electron chi connectivity index (χ2n) is 3.51. The summed E-state index contributed by atoms with van der Waals surface area (Å²) in [6.45, 7) is 3.47. The highest BCUT2D eigenvalue weighted by molar-refractivity contribution is 7.99. The van der Waals surface area contributed by atoms with Crippen molar-refractivity contribution in [2.45, 2.75) is 13.8 Å². The van der Waals surface area contributed by atoms with E-state index < -0.39 is 11.9 Å². The molecule has 0 aliphatic heterocycles. The van der Waals surface area contributed by atoms with E-state index in [0.29, 0.717) is 11.4 Å². The molecular weight excluding hydrogens is 300 g/mol. The maximum absolute atomic E-state index is 9.65. The van der Waals surface area contributed by atoms with Gasteiger partial charge in [-0.1, -0.05) is 0 Å². The second kappa shape index (κ2) is 18.3. The molecule has 0 aliphatic carbocycles. The lowest BCUT2D eigenvalue weighted by molar-refractivity contribution is -0.132. The Labute approximate surface area is 128 Å². The summed E-state index contributed by atoms with van der Waals surface area (Å²) < 4.78 is 0. The first-order valence-corrected chi connectivity index (χ1v) is 6.95. The lowest BCUT2D eigenvalue weighted by atomic mass is 10.5. The number of aliphatic hydroxyl groups excluding tert-OH is 2. The van der Waals surface area contributed by atoms with E-state index in [4.69, 9.17) is 31.9 Å². The van der Waals surface area contributed by atoms with Crippen LogP contribution in [0, 0.1) is 0 Å². The van der Waals surface area contributed by atoms with Crippen LogP contribution in [0.2, 0.25) is 0 Å². The number of aliphatic carboxylic acids is 2. The maximum Gasteiger partial charge on any atom is 0.330 e. The molecule has 8 N–H and O–H groups in total. The molecule has 124 valence electrons. The first kappa shape index (κ1) is 24.3. The summed E-state index contributed by atoms with van der Waals surface area (Å²) in [7, 11) is 0. The van der Waals surface area contributed by atoms with Gasteiger partial charge in [0.15, 0.2) is 0 Å². The molecule has 0 bridgehead atoms. The van der Waals surface area contributed by atoms with Gasteiger partial charge in [0.1, 0.15) is 0 Å². The Morgan fingerprint density at radius 2 is 1.19 bits per heavy atom. The van der Waals surface area contributed by atoms with Crippen molar-refractivity contribution in [3.05, 3.63) is 23.5 Å². The highest BCUT2D eigenvalue weighted by Crippen LogP contribution is 1.94. The van der Waals surface area contributed by atoms with E-state index in [2.05, 4.69) is 0 Å². The molecule has 0 aromatic carbocycles. The van der Waals surface area contributed by atoms with E-state index in [1.165, 1.54) is 13.8 Å². The summed E-state index contributed by atoms with van der Waals surface area (Å²) in [5.74, 6) is -0.527. The summed E-state index contributed by atoms with van der Waals surface area (Å²) in [5.41, 5.74) is 10.6. The fourth-order valence-corrected chi connectivity index (χ4v) is 1.08. The molecule has 0 fully saturated rings. The minimum Gasteiger partial charge on any atom is -0.478 e. The standard InChI is InChI=1S/2C4H7NO2.C4H10O2S/c2*1-3(5)2-4(6)7;5-1-3-7-4-2-6/h2*2H,5H2,1H3,(H,6,7);5-6H,1-4H2/b2*3-2-;. The third kappa shape index (κ3) is 45.8. The van der Waals surface area contributed by atoms with Crippen LogP contribution >= 0.6 is 11.8 Å². The topological polar surface area (TPSA) is 167 Å². The van der Waals surface area contributed by atoms with E-state index >= 15 is 0 Å². The SMILES string of the molecule is C/C(N)=C/C(=O)O.C/C(N)=C/C(=O)O.OCCSCCO. The third-order valence-electron chi connectivity index (χ3n) is 1.17. The van der Waals surface area contributed by atoms with Crippen molar-refractivity contribution in [3.8, 4) is 0 Å². The fraction of sp³-hybridized carbons (Fsp3) is 0.500. The monoisotopic (exact) mass is 324 g/mol. The van der Waals surface area contributed by atoms with Gasteiger partial charge in [-0.3, -0.25) is 0 Å². The predicted octanol–water partition coefficient (Wildman–Crippen LogP) is -0.429. The van der Waals surface area contributed by atoms with Gasteiger partial charge in [-0.15, -0.1) is 0 Å². The molecule has 0 heterocycles. The van der Waals surface area contributed by atoms with Gasteiger partial charge in [-0.05, 0) is 13.8 Å². The molecule has 0 saturated heterocycles. The first-order valence-electron chi connectivity index (χ1n) is 5.80. The van der Waals surface area contributed by atoms with Gasteiger partial charge in [-0.25, -0.2) is 9.59 Å². The van der Waals surface area contributed by atoms with Gasteiger partial charge in [-0.2, -0.15) is 11.8 Å². The first-order chi connectivity index (χ1) is 9.67. The molecular formula is C12H24N2O6S. The zero-order valence-corrected chi connectivity index (χ0v) is 13.0. The number of hydrogen-bond acceptors (Lipinski definition) is 7. The molecule has 0 unspecified atom stereocenters. The molecule has 0 aliphatic rings. The van der Waals surface area contributed by atoms with E-state index in [-0.39, 0.29) is 13.2 Å². The number of thioether (sulfide) groups is 1. The number of nitrogens with two attached hydrogens (primary N) is 2. The molecule has 0 spiro atoms. The van der Waals surface area contributed by atoms with E-state index in [1.54, 1.807) is 11.8 Å². The Balaban J connectivity index is -0.000000231. The van der Waals surface area contributed by atoms with Gasteiger partial charge >= 0.3 is 11.9 Å². The van der Waals surface area contributed by atoms with Crippen molar-refractivity contribution in [2.75, 3.05) is 24.7 Å². The molecule has 21 heavy (non-hydrogen) atoms. The Hall–Kier alpha value is -1.71. The minimum absolute atomic E-state index is 0.213. The van der Waals surface area contributed by atoms with Crippen molar-refractivity contribution < 1.29 is 30.0 Å². The number of rotatable bonds is 6. The van der Waals surface area contributed by atoms with Gasteiger partial charge in [0.2, 0.25) is 0 Å². The van der Waals surface area contributed by atoms with Crippen LogP contribution in [0.1, 0.15) is 13.8 Å². The average molecular weight is 324 g/mol. The van der Waals surface area contributed by atoms with Crippen LogP contribution in [0.5, 0.6) is 0 Å². The molecule has 0 saturated carbocycles. The largest absolute Gasteiger partial charge is 0.478 e. The van der Waals surface area contributed by atoms with Crippen molar-refractivity contribution in [3.63, 3.8) is 0 Å². The van der Waals surface area contributed by atoms with E-state index in [1.807, 2.05) is 0 Å². The smallest absolute Gasteiger partial charge is 0.330 e. The molecule has 0 atom stereocenters. The Morgan fingerprint density at radius 3 is 1.29 bits per heavy atom. The summed E-state index contributed by atoms with van der Waals surface area (Å²) >= 11 is 1.55. The van der Waals surface area contributed by atoms with Crippen LogP contribution in [0.4, 0.5) is 0 Å². The number of carbonyl (C=O) groups is 2. The van der Waals surface area contributed by atoms with Gasteiger partial charge < -0.3 is 31.9 Å². The van der Waals surface area contributed by atoms with Crippen LogP contribution < -0.4 is 11.5 Å². The summed E-state index contributed by atoms with van der Waals surface area (Å²) in [6, 6.07) is 0. The van der Waals surface area contributed by atoms with Crippen molar-refractivity contribution in [1.29, 1.82) is 0 Å². The van der Waals surface area contributed by atoms with E-state index in [0.717, 1.165) is 23.7 Å². The maximum atomic E-state index is 9.65. The Morgan fingerprint density at radius 1 is 0.905 bits per heavy atom. The molecule has 0 radical (unpaired) electrons. The molecule has 0 amide bonds. The summed E-state index contributed by atoms with van der Waals surface area (Å²) in [5, 5.41) is 32.2. The van der Waals surface area contributed by atoms with Crippen molar-refractivity contribution in [2.24, 2.45) is 11.5 Å². The molecule has 0 aromatic heterocycles. The van der Waals surface area contributed by atoms with Crippen LogP contribution in [0.25, 0.3) is 0 Å².